The zero-order chi connectivity index (χ0) is 18.9. The van der Waals surface area contributed by atoms with E-state index in [0.717, 1.165) is 37.3 Å². The lowest BCUT2D eigenvalue weighted by Crippen LogP contribution is -2.30. The van der Waals surface area contributed by atoms with Crippen molar-refractivity contribution < 1.29 is 14.3 Å². The number of H-pyrrole nitrogens is 1. The second-order valence-electron chi connectivity index (χ2n) is 7.00. The van der Waals surface area contributed by atoms with Crippen LogP contribution in [0.1, 0.15) is 27.2 Å². The van der Waals surface area contributed by atoms with Crippen LogP contribution in [0.5, 0.6) is 11.5 Å². The Balaban J connectivity index is 1.28. The van der Waals surface area contributed by atoms with Crippen LogP contribution in [0.25, 0.3) is 0 Å². The Morgan fingerprint density at radius 1 is 1.14 bits per heavy atom. The number of rotatable bonds is 4. The molecule has 2 aliphatic rings. The fourth-order valence-electron chi connectivity index (χ4n) is 3.67. The van der Waals surface area contributed by atoms with Gasteiger partial charge >= 0.3 is 0 Å². The molecule has 0 unspecified atom stereocenters. The van der Waals surface area contributed by atoms with Gasteiger partial charge in [0.05, 0.1) is 5.69 Å². The van der Waals surface area contributed by atoms with Crippen LogP contribution in [-0.4, -0.2) is 34.3 Å². The molecule has 0 atom stereocenters. The van der Waals surface area contributed by atoms with E-state index in [1.807, 2.05) is 6.07 Å². The number of carbonyl (C=O) groups is 1. The van der Waals surface area contributed by atoms with Crippen molar-refractivity contribution in [2.45, 2.75) is 19.5 Å². The quantitative estimate of drug-likeness (QED) is 0.732. The molecule has 0 aliphatic carbocycles. The van der Waals surface area contributed by atoms with Gasteiger partial charge < -0.3 is 14.8 Å². The third kappa shape index (κ3) is 3.20. The Labute approximate surface area is 162 Å². The molecule has 0 spiro atoms. The summed E-state index contributed by atoms with van der Waals surface area (Å²) >= 11 is 0. The standard InChI is InChI=1S/C21H20N4O3/c26-21(15-6-7-18-19(10-15)28-13-27-18)22-20-16-8-9-25(12-17(16)23-24-20)11-14-4-2-1-3-5-14/h1-7,10H,8-9,11-13H2,(H2,22,23,24,26). The smallest absolute Gasteiger partial charge is 0.257 e. The lowest BCUT2D eigenvalue weighted by Gasteiger charge is -2.26. The molecule has 7 nitrogen and oxygen atoms in total. The molecule has 28 heavy (non-hydrogen) atoms. The molecule has 2 N–H and O–H groups in total. The van der Waals surface area contributed by atoms with Crippen molar-refractivity contribution in [3.05, 3.63) is 70.9 Å². The number of hydrogen-bond acceptors (Lipinski definition) is 5. The van der Waals surface area contributed by atoms with Crippen LogP contribution in [0.15, 0.2) is 48.5 Å². The highest BCUT2D eigenvalue weighted by Crippen LogP contribution is 2.33. The van der Waals surface area contributed by atoms with Gasteiger partial charge in [-0.05, 0) is 30.2 Å². The van der Waals surface area contributed by atoms with E-state index in [1.165, 1.54) is 5.56 Å². The molecular formula is C21H20N4O3. The number of benzene rings is 2. The predicted molar refractivity (Wildman–Crippen MR) is 103 cm³/mol. The summed E-state index contributed by atoms with van der Waals surface area (Å²) in [4.78, 5) is 15.0. The Hall–Kier alpha value is -3.32. The molecule has 5 rings (SSSR count). The highest BCUT2D eigenvalue weighted by Gasteiger charge is 2.24. The lowest BCUT2D eigenvalue weighted by atomic mass is 10.1. The van der Waals surface area contributed by atoms with E-state index in [2.05, 4.69) is 44.7 Å². The van der Waals surface area contributed by atoms with Crippen LogP contribution >= 0.6 is 0 Å². The molecule has 3 heterocycles. The molecule has 2 aromatic carbocycles. The molecule has 0 fully saturated rings. The maximum Gasteiger partial charge on any atom is 0.257 e. The second kappa shape index (κ2) is 7.01. The van der Waals surface area contributed by atoms with E-state index in [-0.39, 0.29) is 12.7 Å². The van der Waals surface area contributed by atoms with Crippen LogP contribution in [0.2, 0.25) is 0 Å². The molecule has 1 aromatic heterocycles. The van der Waals surface area contributed by atoms with Gasteiger partial charge in [0.1, 0.15) is 0 Å². The first kappa shape index (κ1) is 16.8. The SMILES string of the molecule is O=C(Nc1n[nH]c2c1CCN(Cc1ccccc1)C2)c1ccc2c(c1)OCO2. The van der Waals surface area contributed by atoms with E-state index >= 15 is 0 Å². The maximum atomic E-state index is 12.6. The van der Waals surface area contributed by atoms with Crippen molar-refractivity contribution in [1.82, 2.24) is 15.1 Å². The first-order valence-corrected chi connectivity index (χ1v) is 9.29. The predicted octanol–water partition coefficient (Wildman–Crippen LogP) is 2.95. The Morgan fingerprint density at radius 3 is 2.89 bits per heavy atom. The van der Waals surface area contributed by atoms with E-state index in [9.17, 15) is 4.79 Å². The summed E-state index contributed by atoms with van der Waals surface area (Å²) in [6, 6.07) is 15.6. The summed E-state index contributed by atoms with van der Waals surface area (Å²) in [5.74, 6) is 1.65. The van der Waals surface area contributed by atoms with Gasteiger partial charge in [0, 0.05) is 30.8 Å². The number of nitrogens with one attached hydrogen (secondary N) is 2. The summed E-state index contributed by atoms with van der Waals surface area (Å²) in [7, 11) is 0. The van der Waals surface area contributed by atoms with E-state index in [1.54, 1.807) is 18.2 Å². The number of nitrogens with zero attached hydrogens (tertiary/aromatic N) is 2. The molecule has 0 saturated carbocycles. The van der Waals surface area contributed by atoms with Gasteiger partial charge in [-0.25, -0.2) is 0 Å². The van der Waals surface area contributed by atoms with Crippen molar-refractivity contribution in [3.8, 4) is 11.5 Å². The zero-order valence-electron chi connectivity index (χ0n) is 15.3. The van der Waals surface area contributed by atoms with Crippen molar-refractivity contribution in [2.24, 2.45) is 0 Å². The van der Waals surface area contributed by atoms with Crippen molar-refractivity contribution in [1.29, 1.82) is 0 Å². The van der Waals surface area contributed by atoms with E-state index < -0.39 is 0 Å². The molecular weight excluding hydrogens is 356 g/mol. The average molecular weight is 376 g/mol. The number of amides is 1. The van der Waals surface area contributed by atoms with Crippen LogP contribution in [0.4, 0.5) is 5.82 Å². The zero-order valence-corrected chi connectivity index (χ0v) is 15.3. The van der Waals surface area contributed by atoms with Gasteiger partial charge in [-0.2, -0.15) is 5.10 Å². The third-order valence-corrected chi connectivity index (χ3v) is 5.13. The number of anilines is 1. The van der Waals surface area contributed by atoms with Crippen LogP contribution < -0.4 is 14.8 Å². The fraction of sp³-hybridized carbons (Fsp3) is 0.238. The number of hydrogen-bond donors (Lipinski definition) is 2. The second-order valence-corrected chi connectivity index (χ2v) is 7.00. The van der Waals surface area contributed by atoms with Crippen molar-refractivity contribution >= 4 is 11.7 Å². The molecule has 0 saturated heterocycles. The Bertz CT molecular complexity index is 1020. The minimum Gasteiger partial charge on any atom is -0.454 e. The summed E-state index contributed by atoms with van der Waals surface area (Å²) in [6.07, 6.45) is 0.843. The summed E-state index contributed by atoms with van der Waals surface area (Å²) < 4.78 is 10.6. The number of aromatic amines is 1. The van der Waals surface area contributed by atoms with Gasteiger partial charge in [-0.1, -0.05) is 30.3 Å². The summed E-state index contributed by atoms with van der Waals surface area (Å²) in [5.41, 5.74) is 3.95. The largest absolute Gasteiger partial charge is 0.454 e. The van der Waals surface area contributed by atoms with Crippen LogP contribution in [0, 0.1) is 0 Å². The molecule has 2 aliphatic heterocycles. The molecule has 0 bridgehead atoms. The number of ether oxygens (including phenoxy) is 2. The van der Waals surface area contributed by atoms with E-state index in [4.69, 9.17) is 9.47 Å². The van der Waals surface area contributed by atoms with Crippen molar-refractivity contribution in [3.63, 3.8) is 0 Å². The first-order valence-electron chi connectivity index (χ1n) is 9.29. The van der Waals surface area contributed by atoms with Crippen molar-refractivity contribution in [2.75, 3.05) is 18.7 Å². The number of fused-ring (bicyclic) bond motifs is 2. The Kier molecular flexibility index (Phi) is 4.21. The van der Waals surface area contributed by atoms with Gasteiger partial charge in [0.2, 0.25) is 6.79 Å². The Morgan fingerprint density at radius 2 is 2.00 bits per heavy atom. The van der Waals surface area contributed by atoms with Gasteiger partial charge in [0.25, 0.3) is 5.91 Å². The van der Waals surface area contributed by atoms with Crippen LogP contribution in [-0.2, 0) is 19.5 Å². The molecule has 142 valence electrons. The van der Waals surface area contributed by atoms with Gasteiger partial charge in [-0.15, -0.1) is 0 Å². The third-order valence-electron chi connectivity index (χ3n) is 5.13. The fourth-order valence-corrected chi connectivity index (χ4v) is 3.67. The highest BCUT2D eigenvalue weighted by molar-refractivity contribution is 6.04. The summed E-state index contributed by atoms with van der Waals surface area (Å²) in [5, 5.41) is 10.4. The van der Waals surface area contributed by atoms with Crippen LogP contribution in [0.3, 0.4) is 0 Å². The minimum absolute atomic E-state index is 0.187. The average Bonchev–Trinajstić information content (AvgIpc) is 3.35. The molecule has 3 aromatic rings. The maximum absolute atomic E-state index is 12.6. The normalized spacial score (nSPS) is 15.3. The monoisotopic (exact) mass is 376 g/mol. The topological polar surface area (TPSA) is 79.5 Å². The first-order chi connectivity index (χ1) is 13.8. The number of carbonyl (C=O) groups excluding carboxylic acids is 1. The lowest BCUT2D eigenvalue weighted by molar-refractivity contribution is 0.102. The molecule has 7 heteroatoms. The highest BCUT2D eigenvalue weighted by atomic mass is 16.7. The molecule has 0 radical (unpaired) electrons. The minimum atomic E-state index is -0.209. The molecule has 1 amide bonds. The van der Waals surface area contributed by atoms with Gasteiger partial charge in [-0.3, -0.25) is 14.8 Å². The van der Waals surface area contributed by atoms with E-state index in [0.29, 0.717) is 22.9 Å². The van der Waals surface area contributed by atoms with Gasteiger partial charge in [0.15, 0.2) is 17.3 Å². The number of aromatic nitrogens is 2. The summed E-state index contributed by atoms with van der Waals surface area (Å²) in [6.45, 7) is 2.80.